The largest absolute Gasteiger partial charge is 0.458 e. The summed E-state index contributed by atoms with van der Waals surface area (Å²) in [6.45, 7) is 27.1. The lowest BCUT2D eigenvalue weighted by Crippen LogP contribution is -2.68. The van der Waals surface area contributed by atoms with E-state index in [4.69, 9.17) is 39.3 Å². The van der Waals surface area contributed by atoms with E-state index in [9.17, 15) is 9.59 Å². The first-order valence-corrected chi connectivity index (χ1v) is 28.1. The van der Waals surface area contributed by atoms with E-state index in [2.05, 4.69) is 136 Å². The molecule has 0 spiro atoms. The summed E-state index contributed by atoms with van der Waals surface area (Å²) in [7, 11) is -2.82. The van der Waals surface area contributed by atoms with Crippen molar-refractivity contribution in [1.82, 2.24) is 4.90 Å². The van der Waals surface area contributed by atoms with Crippen LogP contribution in [0.25, 0.3) is 0 Å². The molecule has 376 valence electrons. The van der Waals surface area contributed by atoms with Gasteiger partial charge >= 0.3 is 12.1 Å². The van der Waals surface area contributed by atoms with Gasteiger partial charge in [-0.25, -0.2) is 9.59 Å². The van der Waals surface area contributed by atoms with Gasteiger partial charge in [0.15, 0.2) is 0 Å². The zero-order valence-electron chi connectivity index (χ0n) is 43.0. The van der Waals surface area contributed by atoms with Crippen LogP contribution in [0.5, 0.6) is 0 Å². The van der Waals surface area contributed by atoms with Crippen LogP contribution in [0.1, 0.15) is 121 Å². The van der Waals surface area contributed by atoms with Crippen molar-refractivity contribution in [2.24, 2.45) is 11.8 Å². The molecule has 4 aliphatic heterocycles. The Morgan fingerprint density at radius 3 is 2.13 bits per heavy atom. The smallest absolute Gasteiger partial charge is 0.413 e. The summed E-state index contributed by atoms with van der Waals surface area (Å²) < 4.78 is 47.8. The monoisotopic (exact) mass is 1080 g/mol. The van der Waals surface area contributed by atoms with Gasteiger partial charge < -0.3 is 32.8 Å². The Balaban J connectivity index is 1.10. The van der Waals surface area contributed by atoms with Gasteiger partial charge in [-0.1, -0.05) is 154 Å². The third-order valence-electron chi connectivity index (χ3n) is 14.0. The number of ether oxygens (including phenoxy) is 6. The highest BCUT2D eigenvalue weighted by atomic mass is 127. The van der Waals surface area contributed by atoms with Gasteiger partial charge in [-0.2, -0.15) is 0 Å². The summed E-state index contributed by atoms with van der Waals surface area (Å²) in [5.74, 6) is 2.26. The summed E-state index contributed by atoms with van der Waals surface area (Å²) in [6.07, 6.45) is 15.9. The molecule has 0 unspecified atom stereocenters. The Morgan fingerprint density at radius 2 is 1.54 bits per heavy atom. The molecule has 1 amide bonds. The van der Waals surface area contributed by atoms with Crippen molar-refractivity contribution < 1.29 is 42.4 Å². The van der Waals surface area contributed by atoms with Crippen LogP contribution in [-0.2, 0) is 37.6 Å². The van der Waals surface area contributed by atoms with Gasteiger partial charge in [-0.05, 0) is 98.7 Å². The topological polar surface area (TPSA) is 102 Å². The molecule has 2 aromatic carbocycles. The number of carbonyl (C=O) groups excluding carboxylic acids is 2. The SMILES string of the molecule is C#C[C@H]1C[C@H](O[Si](c2ccccc2)(c2ccccc2)C(C)(C)C)C[C@@H](C[C@H]2CC(=C)C[C@H](C/C=C\C(=O)O[C@H]3[C@@H](C)[C@@H](C/C=C/I)O[C@@H](/C(C)=C/[C@@H]4COC(C)(C)N4C(=O)OC(C)(C)C)[C@@H]3C)O2)O1. The van der Waals surface area contributed by atoms with Crippen LogP contribution in [-0.4, -0.2) is 98.1 Å². The summed E-state index contributed by atoms with van der Waals surface area (Å²) in [5.41, 5.74) is 0.543. The molecule has 11 atom stereocenters. The molecule has 12 heteroatoms. The van der Waals surface area contributed by atoms with Crippen molar-refractivity contribution in [3.8, 4) is 12.3 Å². The second kappa shape index (κ2) is 23.3. The molecule has 4 fully saturated rings. The maximum absolute atomic E-state index is 13.7. The van der Waals surface area contributed by atoms with E-state index in [0.717, 1.165) is 17.6 Å². The van der Waals surface area contributed by atoms with Gasteiger partial charge in [-0.15, -0.1) is 6.42 Å². The molecular weight excluding hydrogens is 998 g/mol. The summed E-state index contributed by atoms with van der Waals surface area (Å²) >= 11 is 2.22. The number of hydrogen-bond donors (Lipinski definition) is 0. The number of benzene rings is 2. The fourth-order valence-electron chi connectivity index (χ4n) is 10.9. The van der Waals surface area contributed by atoms with Crippen LogP contribution in [0.2, 0.25) is 5.04 Å². The Bertz CT molecular complexity index is 2150. The third-order valence-corrected chi connectivity index (χ3v) is 19.6. The number of nitrogens with zero attached hydrogens (tertiary/aromatic N) is 1. The van der Waals surface area contributed by atoms with Crippen molar-refractivity contribution in [2.45, 2.75) is 192 Å². The molecule has 6 rings (SSSR count). The predicted molar refractivity (Wildman–Crippen MR) is 285 cm³/mol. The number of carbonyl (C=O) groups is 2. The standard InChI is InChI=1S/C57H78INO9Si/c1-14-43-34-47(68-69(56(9,10)11,48-24-17-15-18-25-48)49-26-19-16-20-27-49)36-46(63-43)35-45-32-38(2)31-44(64-45)23-21-29-51(60)66-53-40(4)50(28-22-30-58)65-52(41(53)5)39(3)33-42-37-62-57(12,13)59(42)54(61)67-55(6,7)8/h1,15-22,24-27,29-30,33,40-47,50,52-53H,2,23,28,31-32,34-37H2,3-13H3/b29-21-,30-22+,39-33+/t40-,41-,42+,43-,44-,45+,46+,47-,50+,52-,53-/m0/s1. The van der Waals surface area contributed by atoms with Crippen LogP contribution in [0.4, 0.5) is 4.79 Å². The zero-order chi connectivity index (χ0) is 50.3. The first kappa shape index (κ1) is 54.8. The molecule has 0 N–H and O–H groups in total. The van der Waals surface area contributed by atoms with Crippen LogP contribution < -0.4 is 10.4 Å². The molecule has 10 nitrogen and oxygen atoms in total. The van der Waals surface area contributed by atoms with Crippen molar-refractivity contribution in [2.75, 3.05) is 6.61 Å². The van der Waals surface area contributed by atoms with Gasteiger partial charge in [0.2, 0.25) is 0 Å². The van der Waals surface area contributed by atoms with E-state index in [1.54, 1.807) is 4.90 Å². The van der Waals surface area contributed by atoms with Crippen molar-refractivity contribution in [1.29, 1.82) is 0 Å². The maximum atomic E-state index is 13.7. The van der Waals surface area contributed by atoms with Gasteiger partial charge in [0.25, 0.3) is 8.32 Å². The molecule has 2 aromatic rings. The van der Waals surface area contributed by atoms with Gasteiger partial charge in [0.1, 0.15) is 23.5 Å². The summed E-state index contributed by atoms with van der Waals surface area (Å²) in [4.78, 5) is 28.8. The highest BCUT2D eigenvalue weighted by Crippen LogP contribution is 2.42. The molecule has 69 heavy (non-hydrogen) atoms. The lowest BCUT2D eigenvalue weighted by Gasteiger charge is -2.47. The molecule has 0 bridgehead atoms. The first-order valence-electron chi connectivity index (χ1n) is 24.9. The fourth-order valence-corrected chi connectivity index (χ4v) is 15.9. The minimum atomic E-state index is -2.82. The third kappa shape index (κ3) is 13.7. The van der Waals surface area contributed by atoms with E-state index in [-0.39, 0.29) is 65.6 Å². The molecule has 0 saturated carbocycles. The number of esters is 1. The molecule has 4 heterocycles. The van der Waals surface area contributed by atoms with E-state index in [0.29, 0.717) is 45.1 Å². The number of rotatable bonds is 14. The minimum absolute atomic E-state index is 0.0725. The normalized spacial score (nSPS) is 30.4. The van der Waals surface area contributed by atoms with E-state index in [1.165, 1.54) is 16.4 Å². The Hall–Kier alpha value is -3.55. The average Bonchev–Trinajstić information content (AvgIpc) is 3.58. The zero-order valence-corrected chi connectivity index (χ0v) is 46.1. The molecule has 0 aromatic heterocycles. The highest BCUT2D eigenvalue weighted by Gasteiger charge is 2.53. The van der Waals surface area contributed by atoms with Crippen LogP contribution in [0.15, 0.2) is 107 Å². The Morgan fingerprint density at radius 1 is 0.899 bits per heavy atom. The summed E-state index contributed by atoms with van der Waals surface area (Å²) in [6, 6.07) is 21.1. The van der Waals surface area contributed by atoms with E-state index < -0.39 is 37.8 Å². The fraction of sp³-hybridized carbons (Fsp3) is 0.579. The van der Waals surface area contributed by atoms with Gasteiger partial charge in [0.05, 0.1) is 49.3 Å². The van der Waals surface area contributed by atoms with Crippen LogP contribution in [0, 0.1) is 24.2 Å². The summed E-state index contributed by atoms with van der Waals surface area (Å²) in [5, 5.41) is 2.31. The molecule has 4 aliphatic rings. The molecular formula is C57H78INO9Si. The number of terminal acetylenes is 1. The number of hydrogen-bond acceptors (Lipinski definition) is 9. The minimum Gasteiger partial charge on any atom is -0.458 e. The first-order chi connectivity index (χ1) is 32.5. The lowest BCUT2D eigenvalue weighted by molar-refractivity contribution is -0.180. The number of halogens is 1. The average molecular weight is 1080 g/mol. The second-order valence-electron chi connectivity index (χ2n) is 22.1. The van der Waals surface area contributed by atoms with E-state index >= 15 is 0 Å². The highest BCUT2D eigenvalue weighted by molar-refractivity contribution is 14.1. The Kier molecular flexibility index (Phi) is 18.5. The number of amides is 1. The second-order valence-corrected chi connectivity index (χ2v) is 27.1. The van der Waals surface area contributed by atoms with Crippen LogP contribution >= 0.6 is 22.6 Å². The van der Waals surface area contributed by atoms with Crippen molar-refractivity contribution in [3.05, 3.63) is 107 Å². The maximum Gasteiger partial charge on any atom is 0.413 e. The Labute approximate surface area is 428 Å². The molecule has 0 radical (unpaired) electrons. The van der Waals surface area contributed by atoms with Crippen molar-refractivity contribution in [3.63, 3.8) is 0 Å². The lowest BCUT2D eigenvalue weighted by atomic mass is 9.79. The molecule has 4 saturated heterocycles. The van der Waals surface area contributed by atoms with Gasteiger partial charge in [0, 0.05) is 30.8 Å². The quantitative estimate of drug-likeness (QED) is 0.0457. The molecule has 0 aliphatic carbocycles. The van der Waals surface area contributed by atoms with E-state index in [1.807, 2.05) is 57.8 Å². The van der Waals surface area contributed by atoms with Crippen LogP contribution in [0.3, 0.4) is 0 Å². The van der Waals surface area contributed by atoms with Gasteiger partial charge in [-0.3, -0.25) is 4.90 Å². The van der Waals surface area contributed by atoms with Crippen molar-refractivity contribution >= 4 is 53.3 Å². The predicted octanol–water partition coefficient (Wildman–Crippen LogP) is 11.2.